The molecule has 1 saturated heterocycles. The molecule has 5 heteroatoms. The van der Waals surface area contributed by atoms with Crippen LogP contribution in [0.1, 0.15) is 19.3 Å². The molecule has 0 radical (unpaired) electrons. The Morgan fingerprint density at radius 3 is 2.10 bits per heavy atom. The molecule has 1 aromatic carbocycles. The Kier molecular flexibility index (Phi) is 2.67. The van der Waals surface area contributed by atoms with Gasteiger partial charge in [0.1, 0.15) is 0 Å². The van der Waals surface area contributed by atoms with Gasteiger partial charge in [0.05, 0.1) is 27.6 Å². The van der Waals surface area contributed by atoms with Crippen LogP contribution in [-0.2, 0) is 9.59 Å². The largest absolute Gasteiger partial charge is 0.274 e. The number of imide groups is 1. The van der Waals surface area contributed by atoms with Gasteiger partial charge in [0.2, 0.25) is 11.8 Å². The molecule has 20 heavy (non-hydrogen) atoms. The lowest BCUT2D eigenvalue weighted by molar-refractivity contribution is -0.123. The molecule has 1 aliphatic heterocycles. The molecule has 2 amide bonds. The third-order valence-corrected chi connectivity index (χ3v) is 5.83. The standard InChI is InChI=1S/C15H13Cl2NO2/c16-10-4-3-9(6-11(10)17)18-14(19)12-7-1-2-8(5-7)13(12)15(18)20/h3-4,6-8,12-13H,1-2,5H2/t7-,8-,12+,13+/m1/s1. The van der Waals surface area contributed by atoms with Crippen molar-refractivity contribution in [2.45, 2.75) is 19.3 Å². The van der Waals surface area contributed by atoms with E-state index in [0.29, 0.717) is 27.6 Å². The first kappa shape index (κ1) is 12.7. The SMILES string of the molecule is O=C1[C@H]2[C@@H]3CC[C@H](C3)[C@@H]2C(=O)N1c1ccc(Cl)c(Cl)c1. The monoisotopic (exact) mass is 309 g/mol. The van der Waals surface area contributed by atoms with Crippen molar-refractivity contribution < 1.29 is 9.59 Å². The number of carbonyl (C=O) groups is 2. The summed E-state index contributed by atoms with van der Waals surface area (Å²) >= 11 is 11.9. The van der Waals surface area contributed by atoms with Crippen LogP contribution in [-0.4, -0.2) is 11.8 Å². The third-order valence-electron chi connectivity index (χ3n) is 5.09. The highest BCUT2D eigenvalue weighted by molar-refractivity contribution is 6.42. The van der Waals surface area contributed by atoms with Crippen LogP contribution in [0.3, 0.4) is 0 Å². The third kappa shape index (κ3) is 1.54. The molecule has 4 atom stereocenters. The van der Waals surface area contributed by atoms with Crippen molar-refractivity contribution in [2.75, 3.05) is 4.90 Å². The number of anilines is 1. The van der Waals surface area contributed by atoms with E-state index in [4.69, 9.17) is 23.2 Å². The Balaban J connectivity index is 1.74. The maximum atomic E-state index is 12.6. The molecule has 0 spiro atoms. The number of halogens is 2. The molecular weight excluding hydrogens is 297 g/mol. The Labute approximate surface area is 126 Å². The Bertz CT molecular complexity index is 602. The van der Waals surface area contributed by atoms with Crippen molar-refractivity contribution in [3.63, 3.8) is 0 Å². The number of hydrogen-bond donors (Lipinski definition) is 0. The van der Waals surface area contributed by atoms with Crippen molar-refractivity contribution in [3.8, 4) is 0 Å². The van der Waals surface area contributed by atoms with Crippen molar-refractivity contribution in [1.82, 2.24) is 0 Å². The fourth-order valence-electron chi connectivity index (χ4n) is 4.29. The van der Waals surface area contributed by atoms with Gasteiger partial charge in [-0.05, 0) is 49.3 Å². The van der Waals surface area contributed by atoms with Crippen molar-refractivity contribution in [1.29, 1.82) is 0 Å². The van der Waals surface area contributed by atoms with Gasteiger partial charge in [-0.3, -0.25) is 9.59 Å². The van der Waals surface area contributed by atoms with Gasteiger partial charge in [0.25, 0.3) is 0 Å². The van der Waals surface area contributed by atoms with Crippen LogP contribution in [0.25, 0.3) is 0 Å². The van der Waals surface area contributed by atoms with Crippen LogP contribution in [0.15, 0.2) is 18.2 Å². The topological polar surface area (TPSA) is 37.4 Å². The Hall–Kier alpha value is -1.06. The molecule has 2 bridgehead atoms. The van der Waals surface area contributed by atoms with Gasteiger partial charge in [-0.1, -0.05) is 23.2 Å². The summed E-state index contributed by atoms with van der Waals surface area (Å²) in [6.45, 7) is 0. The van der Waals surface area contributed by atoms with Gasteiger partial charge in [-0.2, -0.15) is 0 Å². The van der Waals surface area contributed by atoms with E-state index in [1.165, 1.54) is 4.90 Å². The summed E-state index contributed by atoms with van der Waals surface area (Å²) in [5.41, 5.74) is 0.545. The zero-order valence-corrected chi connectivity index (χ0v) is 12.2. The predicted molar refractivity (Wildman–Crippen MR) is 76.8 cm³/mol. The molecule has 104 valence electrons. The lowest BCUT2D eigenvalue weighted by Gasteiger charge is -2.19. The van der Waals surface area contributed by atoms with Crippen LogP contribution < -0.4 is 4.90 Å². The summed E-state index contributed by atoms with van der Waals surface area (Å²) in [4.78, 5) is 26.5. The molecule has 3 aliphatic rings. The zero-order chi connectivity index (χ0) is 14.0. The number of carbonyl (C=O) groups excluding carboxylic acids is 2. The number of hydrogen-bond acceptors (Lipinski definition) is 2. The number of amides is 2. The quantitative estimate of drug-likeness (QED) is 0.744. The molecule has 1 heterocycles. The molecule has 2 aliphatic carbocycles. The van der Waals surface area contributed by atoms with E-state index >= 15 is 0 Å². The highest BCUT2D eigenvalue weighted by Gasteiger charge is 2.61. The van der Waals surface area contributed by atoms with Crippen LogP contribution in [0, 0.1) is 23.7 Å². The second kappa shape index (κ2) is 4.22. The fraction of sp³-hybridized carbons (Fsp3) is 0.467. The fourth-order valence-corrected chi connectivity index (χ4v) is 4.58. The summed E-state index contributed by atoms with van der Waals surface area (Å²) in [7, 11) is 0. The molecule has 0 unspecified atom stereocenters. The van der Waals surface area contributed by atoms with Gasteiger partial charge >= 0.3 is 0 Å². The lowest BCUT2D eigenvalue weighted by atomic mass is 9.81. The van der Waals surface area contributed by atoms with Crippen molar-refractivity contribution in [2.24, 2.45) is 23.7 Å². The van der Waals surface area contributed by atoms with Crippen LogP contribution in [0.4, 0.5) is 5.69 Å². The maximum absolute atomic E-state index is 12.6. The normalized spacial score (nSPS) is 35.0. The minimum Gasteiger partial charge on any atom is -0.274 e. The lowest BCUT2D eigenvalue weighted by Crippen LogP contribution is -2.32. The van der Waals surface area contributed by atoms with Crippen molar-refractivity contribution >= 4 is 40.7 Å². The molecule has 0 N–H and O–H groups in total. The van der Waals surface area contributed by atoms with E-state index in [0.717, 1.165) is 19.3 Å². The summed E-state index contributed by atoms with van der Waals surface area (Å²) in [6.07, 6.45) is 3.21. The minimum absolute atomic E-state index is 0.0504. The highest BCUT2D eigenvalue weighted by Crippen LogP contribution is 2.56. The predicted octanol–water partition coefficient (Wildman–Crippen LogP) is 3.53. The summed E-state index contributed by atoms with van der Waals surface area (Å²) in [5, 5.41) is 0.791. The molecule has 3 fully saturated rings. The summed E-state index contributed by atoms with van der Waals surface area (Å²) < 4.78 is 0. The average Bonchev–Trinajstić information content (AvgIpc) is 3.08. The summed E-state index contributed by atoms with van der Waals surface area (Å²) in [5.74, 6) is 0.492. The highest BCUT2D eigenvalue weighted by atomic mass is 35.5. The van der Waals surface area contributed by atoms with Gasteiger partial charge in [-0.25, -0.2) is 4.90 Å². The smallest absolute Gasteiger partial charge is 0.237 e. The first-order valence-electron chi connectivity index (χ1n) is 6.91. The molecule has 1 aromatic rings. The second-order valence-corrected chi connectivity index (χ2v) is 6.81. The van der Waals surface area contributed by atoms with E-state index < -0.39 is 0 Å². The van der Waals surface area contributed by atoms with E-state index in [1.54, 1.807) is 18.2 Å². The first-order chi connectivity index (χ1) is 9.58. The molecule has 4 rings (SSSR count). The number of benzene rings is 1. The van der Waals surface area contributed by atoms with Gasteiger partial charge < -0.3 is 0 Å². The molecule has 2 saturated carbocycles. The number of nitrogens with zero attached hydrogens (tertiary/aromatic N) is 1. The van der Waals surface area contributed by atoms with Crippen LogP contribution >= 0.6 is 23.2 Å². The minimum atomic E-state index is -0.101. The van der Waals surface area contributed by atoms with Crippen LogP contribution in [0.2, 0.25) is 10.0 Å². The first-order valence-corrected chi connectivity index (χ1v) is 7.66. The molecule has 0 aromatic heterocycles. The van der Waals surface area contributed by atoms with E-state index in [2.05, 4.69) is 0 Å². The summed E-state index contributed by atoms with van der Waals surface area (Å²) in [6, 6.07) is 4.91. The Morgan fingerprint density at radius 2 is 1.55 bits per heavy atom. The van der Waals surface area contributed by atoms with Gasteiger partial charge in [0.15, 0.2) is 0 Å². The Morgan fingerprint density at radius 1 is 0.950 bits per heavy atom. The van der Waals surface area contributed by atoms with Crippen LogP contribution in [0.5, 0.6) is 0 Å². The number of fused-ring (bicyclic) bond motifs is 5. The van der Waals surface area contributed by atoms with E-state index in [9.17, 15) is 9.59 Å². The van der Waals surface area contributed by atoms with Crippen molar-refractivity contribution in [3.05, 3.63) is 28.2 Å². The second-order valence-electron chi connectivity index (χ2n) is 6.00. The number of rotatable bonds is 1. The van der Waals surface area contributed by atoms with E-state index in [-0.39, 0.29) is 23.7 Å². The van der Waals surface area contributed by atoms with E-state index in [1.807, 2.05) is 0 Å². The van der Waals surface area contributed by atoms with Gasteiger partial charge in [-0.15, -0.1) is 0 Å². The maximum Gasteiger partial charge on any atom is 0.237 e. The van der Waals surface area contributed by atoms with Gasteiger partial charge in [0, 0.05) is 0 Å². The molecular formula is C15H13Cl2NO2. The zero-order valence-electron chi connectivity index (χ0n) is 10.7. The average molecular weight is 310 g/mol. The molecule has 3 nitrogen and oxygen atoms in total.